The van der Waals surface area contributed by atoms with Crippen LogP contribution in [0.5, 0.6) is 0 Å². The van der Waals surface area contributed by atoms with Crippen LogP contribution in [0.4, 0.5) is 4.79 Å². The maximum Gasteiger partial charge on any atom is 0.329 e. The van der Waals surface area contributed by atoms with Crippen LogP contribution in [-0.2, 0) is 4.79 Å². The third kappa shape index (κ3) is 2.60. The Labute approximate surface area is 100 Å². The number of carboxylic acids is 1. The van der Waals surface area contributed by atoms with E-state index in [4.69, 9.17) is 0 Å². The summed E-state index contributed by atoms with van der Waals surface area (Å²) in [6.45, 7) is 0. The molecule has 1 fully saturated rings. The molecule has 2 amide bonds. The lowest BCUT2D eigenvalue weighted by molar-refractivity contribution is -0.144. The molecule has 0 spiro atoms. The van der Waals surface area contributed by atoms with Gasteiger partial charge in [0.25, 0.3) is 0 Å². The third-order valence-electron chi connectivity index (χ3n) is 3.56. The molecule has 2 aliphatic carbocycles. The topological polar surface area (TPSA) is 78.4 Å². The highest BCUT2D eigenvalue weighted by atomic mass is 16.4. The van der Waals surface area contributed by atoms with Crippen molar-refractivity contribution in [1.82, 2.24) is 10.6 Å². The van der Waals surface area contributed by atoms with Crippen LogP contribution in [0, 0.1) is 0 Å². The molecule has 0 unspecified atom stereocenters. The summed E-state index contributed by atoms with van der Waals surface area (Å²) in [4.78, 5) is 23.0. The van der Waals surface area contributed by atoms with Crippen molar-refractivity contribution >= 4 is 12.0 Å². The number of carboxylic acid groups (broad SMARTS) is 1. The van der Waals surface area contributed by atoms with Gasteiger partial charge in [-0.05, 0) is 25.7 Å². The van der Waals surface area contributed by atoms with Gasteiger partial charge in [0, 0.05) is 6.04 Å². The SMILES string of the molecule is O=C(NC1CC=CC1)NC1(C(=O)O)CCCC1. The van der Waals surface area contributed by atoms with Crippen molar-refractivity contribution < 1.29 is 14.7 Å². The van der Waals surface area contributed by atoms with Crippen LogP contribution in [0.15, 0.2) is 12.2 Å². The Morgan fingerprint density at radius 2 is 1.76 bits per heavy atom. The fourth-order valence-electron chi connectivity index (χ4n) is 2.54. The van der Waals surface area contributed by atoms with E-state index >= 15 is 0 Å². The summed E-state index contributed by atoms with van der Waals surface area (Å²) in [6.07, 6.45) is 8.47. The zero-order valence-electron chi connectivity index (χ0n) is 9.74. The van der Waals surface area contributed by atoms with Gasteiger partial charge in [-0.15, -0.1) is 0 Å². The van der Waals surface area contributed by atoms with Gasteiger partial charge in [-0.2, -0.15) is 0 Å². The van der Waals surface area contributed by atoms with E-state index in [9.17, 15) is 14.7 Å². The first kappa shape index (κ1) is 12.0. The van der Waals surface area contributed by atoms with Crippen LogP contribution < -0.4 is 10.6 Å². The van der Waals surface area contributed by atoms with E-state index in [0.29, 0.717) is 12.8 Å². The molecule has 2 rings (SSSR count). The minimum Gasteiger partial charge on any atom is -0.480 e. The van der Waals surface area contributed by atoms with E-state index in [0.717, 1.165) is 25.7 Å². The molecular formula is C12H18N2O3. The first-order chi connectivity index (χ1) is 8.12. The summed E-state index contributed by atoms with van der Waals surface area (Å²) >= 11 is 0. The van der Waals surface area contributed by atoms with Gasteiger partial charge in [0.15, 0.2) is 0 Å². The number of urea groups is 1. The molecule has 0 saturated heterocycles. The molecule has 0 bridgehead atoms. The van der Waals surface area contributed by atoms with Crippen molar-refractivity contribution in [3.8, 4) is 0 Å². The Hall–Kier alpha value is -1.52. The Balaban J connectivity index is 1.89. The number of hydrogen-bond acceptors (Lipinski definition) is 2. The van der Waals surface area contributed by atoms with Gasteiger partial charge in [0.05, 0.1) is 0 Å². The first-order valence-electron chi connectivity index (χ1n) is 6.09. The molecule has 0 radical (unpaired) electrons. The highest BCUT2D eigenvalue weighted by Crippen LogP contribution is 2.29. The molecule has 0 aliphatic heterocycles. The number of carbonyl (C=O) groups excluding carboxylic acids is 1. The van der Waals surface area contributed by atoms with Crippen LogP contribution in [-0.4, -0.2) is 28.7 Å². The van der Waals surface area contributed by atoms with Gasteiger partial charge in [-0.1, -0.05) is 25.0 Å². The van der Waals surface area contributed by atoms with Crippen LogP contribution in [0.25, 0.3) is 0 Å². The fourth-order valence-corrected chi connectivity index (χ4v) is 2.54. The van der Waals surface area contributed by atoms with E-state index < -0.39 is 11.5 Å². The van der Waals surface area contributed by atoms with Gasteiger partial charge in [-0.3, -0.25) is 0 Å². The second-order valence-electron chi connectivity index (χ2n) is 4.83. The molecule has 1 saturated carbocycles. The molecule has 2 aliphatic rings. The molecule has 3 N–H and O–H groups in total. The minimum atomic E-state index is -1.05. The molecule has 0 aromatic rings. The van der Waals surface area contributed by atoms with Gasteiger partial charge in [0.1, 0.15) is 5.54 Å². The molecule has 17 heavy (non-hydrogen) atoms. The van der Waals surface area contributed by atoms with E-state index in [-0.39, 0.29) is 12.1 Å². The lowest BCUT2D eigenvalue weighted by Crippen LogP contribution is -2.56. The highest BCUT2D eigenvalue weighted by molar-refractivity contribution is 5.86. The lowest BCUT2D eigenvalue weighted by Gasteiger charge is -2.26. The zero-order chi connectivity index (χ0) is 12.3. The quantitative estimate of drug-likeness (QED) is 0.650. The fraction of sp³-hybridized carbons (Fsp3) is 0.667. The van der Waals surface area contributed by atoms with E-state index in [2.05, 4.69) is 10.6 Å². The molecule has 94 valence electrons. The summed E-state index contributed by atoms with van der Waals surface area (Å²) in [5.41, 5.74) is -1.05. The average molecular weight is 238 g/mol. The summed E-state index contributed by atoms with van der Waals surface area (Å²) in [5, 5.41) is 14.7. The van der Waals surface area contributed by atoms with E-state index in [1.807, 2.05) is 12.2 Å². The summed E-state index contributed by atoms with van der Waals surface area (Å²) < 4.78 is 0. The molecule has 0 atom stereocenters. The summed E-state index contributed by atoms with van der Waals surface area (Å²) in [5.74, 6) is -0.922. The number of amides is 2. The Morgan fingerprint density at radius 3 is 2.29 bits per heavy atom. The van der Waals surface area contributed by atoms with E-state index in [1.54, 1.807) is 0 Å². The van der Waals surface area contributed by atoms with Gasteiger partial charge >= 0.3 is 12.0 Å². The number of nitrogens with one attached hydrogen (secondary N) is 2. The monoisotopic (exact) mass is 238 g/mol. The van der Waals surface area contributed by atoms with Crippen molar-refractivity contribution in [3.63, 3.8) is 0 Å². The number of hydrogen-bond donors (Lipinski definition) is 3. The zero-order valence-corrected chi connectivity index (χ0v) is 9.74. The van der Waals surface area contributed by atoms with Crippen LogP contribution in [0.3, 0.4) is 0 Å². The largest absolute Gasteiger partial charge is 0.480 e. The van der Waals surface area contributed by atoms with Crippen LogP contribution in [0.2, 0.25) is 0 Å². The first-order valence-corrected chi connectivity index (χ1v) is 6.09. The van der Waals surface area contributed by atoms with Gasteiger partial charge < -0.3 is 15.7 Å². The summed E-state index contributed by atoms with van der Waals surface area (Å²) in [7, 11) is 0. The Bertz CT molecular complexity index is 338. The average Bonchev–Trinajstić information content (AvgIpc) is 2.89. The van der Waals surface area contributed by atoms with Gasteiger partial charge in [0.2, 0.25) is 0 Å². The predicted molar refractivity (Wildman–Crippen MR) is 62.7 cm³/mol. The summed E-state index contributed by atoms with van der Waals surface area (Å²) in [6, 6.07) is -0.245. The van der Waals surface area contributed by atoms with Crippen molar-refractivity contribution in [1.29, 1.82) is 0 Å². The molecule has 5 nitrogen and oxygen atoms in total. The van der Waals surface area contributed by atoms with E-state index in [1.165, 1.54) is 0 Å². The highest BCUT2D eigenvalue weighted by Gasteiger charge is 2.42. The predicted octanol–water partition coefficient (Wildman–Crippen LogP) is 1.40. The smallest absolute Gasteiger partial charge is 0.329 e. The standard InChI is InChI=1S/C12H18N2O3/c15-10(16)12(7-3-4-8-12)14-11(17)13-9-5-1-2-6-9/h1-2,9H,3-8H2,(H,15,16)(H2,13,14,17). The van der Waals surface area contributed by atoms with Crippen molar-refractivity contribution in [2.24, 2.45) is 0 Å². The van der Waals surface area contributed by atoms with Crippen LogP contribution >= 0.6 is 0 Å². The van der Waals surface area contributed by atoms with Crippen LogP contribution in [0.1, 0.15) is 38.5 Å². The van der Waals surface area contributed by atoms with Gasteiger partial charge in [-0.25, -0.2) is 9.59 Å². The number of carbonyl (C=O) groups is 2. The maximum absolute atomic E-state index is 11.8. The Morgan fingerprint density at radius 1 is 1.18 bits per heavy atom. The third-order valence-corrected chi connectivity index (χ3v) is 3.56. The lowest BCUT2D eigenvalue weighted by atomic mass is 9.98. The molecule has 5 heteroatoms. The minimum absolute atomic E-state index is 0.113. The second kappa shape index (κ2) is 4.77. The molecule has 0 aromatic carbocycles. The number of aliphatic carboxylic acids is 1. The second-order valence-corrected chi connectivity index (χ2v) is 4.83. The maximum atomic E-state index is 11.8. The molecular weight excluding hydrogens is 220 g/mol. The van der Waals surface area contributed by atoms with Crippen molar-refractivity contribution in [2.75, 3.05) is 0 Å². The normalized spacial score (nSPS) is 22.6. The Kier molecular flexibility index (Phi) is 3.36. The molecule has 0 aromatic heterocycles. The number of rotatable bonds is 3. The van der Waals surface area contributed by atoms with Crippen molar-refractivity contribution in [2.45, 2.75) is 50.1 Å². The van der Waals surface area contributed by atoms with Crippen molar-refractivity contribution in [3.05, 3.63) is 12.2 Å². The molecule has 0 heterocycles.